The van der Waals surface area contributed by atoms with E-state index in [1.807, 2.05) is 0 Å². The highest BCUT2D eigenvalue weighted by atomic mass is 16.5. The summed E-state index contributed by atoms with van der Waals surface area (Å²) >= 11 is 0. The summed E-state index contributed by atoms with van der Waals surface area (Å²) in [5.41, 5.74) is 4.54. The van der Waals surface area contributed by atoms with Crippen LogP contribution in [-0.2, 0) is 29.8 Å². The fourth-order valence-corrected chi connectivity index (χ4v) is 7.61. The van der Waals surface area contributed by atoms with Crippen LogP contribution in [0, 0.1) is 0 Å². The summed E-state index contributed by atoms with van der Waals surface area (Å²) in [6.45, 7) is 20.8. The molecule has 0 amide bonds. The molecule has 0 N–H and O–H groups in total. The second kappa shape index (κ2) is 24.0. The van der Waals surface area contributed by atoms with E-state index < -0.39 is 0 Å². The Bertz CT molecular complexity index is 1530. The molecule has 4 aromatic carbocycles. The first kappa shape index (κ1) is 44.0. The molecule has 308 valence electrons. The van der Waals surface area contributed by atoms with Gasteiger partial charge in [-0.3, -0.25) is 0 Å². The van der Waals surface area contributed by atoms with Crippen LogP contribution in [-0.4, -0.2) is 79.3 Å². The van der Waals surface area contributed by atoms with Crippen molar-refractivity contribution in [3.63, 3.8) is 0 Å². The molecule has 58 heavy (non-hydrogen) atoms. The summed E-state index contributed by atoms with van der Waals surface area (Å²) in [5, 5.41) is 0. The molecule has 1 fully saturated rings. The maximum atomic E-state index is 6.03. The van der Waals surface area contributed by atoms with E-state index in [4.69, 9.17) is 37.9 Å². The third-order valence-electron chi connectivity index (χ3n) is 10.5. The molecule has 1 saturated carbocycles. The first-order valence-corrected chi connectivity index (χ1v) is 20.2. The van der Waals surface area contributed by atoms with Crippen molar-refractivity contribution >= 4 is 0 Å². The molecule has 0 unspecified atom stereocenters. The summed E-state index contributed by atoms with van der Waals surface area (Å²) in [6, 6.07) is 34.4. The lowest BCUT2D eigenvalue weighted by atomic mass is 9.55. The highest BCUT2D eigenvalue weighted by Crippen LogP contribution is 2.54. The molecule has 0 heterocycles. The van der Waals surface area contributed by atoms with E-state index in [9.17, 15) is 0 Å². The van der Waals surface area contributed by atoms with Gasteiger partial charge in [-0.25, -0.2) is 0 Å². The van der Waals surface area contributed by atoms with Gasteiger partial charge in [-0.05, 0) is 96.5 Å². The van der Waals surface area contributed by atoms with Gasteiger partial charge in [0.15, 0.2) is 0 Å². The molecule has 1 aliphatic rings. The maximum Gasteiger partial charge on any atom is 0.119 e. The zero-order valence-corrected chi connectivity index (χ0v) is 34.0. The van der Waals surface area contributed by atoms with Gasteiger partial charge in [0.2, 0.25) is 0 Å². The average molecular weight is 789 g/mol. The molecule has 0 aromatic heterocycles. The number of rotatable bonds is 28. The van der Waals surface area contributed by atoms with E-state index in [2.05, 4.69) is 123 Å². The Morgan fingerprint density at radius 3 is 0.724 bits per heavy atom. The highest BCUT2D eigenvalue weighted by Gasteiger charge is 2.46. The minimum atomic E-state index is -0.246. The molecule has 0 aliphatic heterocycles. The first-order chi connectivity index (χ1) is 28.6. The van der Waals surface area contributed by atoms with Crippen molar-refractivity contribution in [3.05, 3.63) is 170 Å². The fraction of sp³-hybridized carbons (Fsp3) is 0.360. The Hall–Kier alpha value is -5.12. The van der Waals surface area contributed by atoms with E-state index in [0.29, 0.717) is 79.3 Å². The van der Waals surface area contributed by atoms with Crippen LogP contribution < -0.4 is 18.9 Å². The predicted octanol–water partition coefficient (Wildman–Crippen LogP) is 9.86. The van der Waals surface area contributed by atoms with E-state index >= 15 is 0 Å². The largest absolute Gasteiger partial charge is 0.491 e. The van der Waals surface area contributed by atoms with Crippen molar-refractivity contribution < 1.29 is 37.9 Å². The number of benzene rings is 4. The predicted molar refractivity (Wildman–Crippen MR) is 232 cm³/mol. The van der Waals surface area contributed by atoms with Crippen LogP contribution in [0.25, 0.3) is 0 Å². The third kappa shape index (κ3) is 12.4. The average Bonchev–Trinajstić information content (AvgIpc) is 3.27. The molecule has 5 rings (SSSR count). The van der Waals surface area contributed by atoms with Crippen molar-refractivity contribution in [2.45, 2.75) is 36.5 Å². The topological polar surface area (TPSA) is 73.8 Å². The lowest BCUT2D eigenvalue weighted by Gasteiger charge is -2.48. The van der Waals surface area contributed by atoms with E-state index in [1.54, 1.807) is 24.3 Å². The minimum Gasteiger partial charge on any atom is -0.491 e. The van der Waals surface area contributed by atoms with Crippen molar-refractivity contribution in [1.82, 2.24) is 0 Å². The SMILES string of the molecule is C=CCOCCOc1ccc(C2(c3ccc(OCCOCC=C)cc3)CCC(c3ccc(OCCOCC=C)cc3)(c3ccc(OCCOCC=C)cc3)CC2)cc1. The van der Waals surface area contributed by atoms with Crippen LogP contribution in [0.15, 0.2) is 148 Å². The van der Waals surface area contributed by atoms with Gasteiger partial charge in [-0.15, -0.1) is 26.3 Å². The van der Waals surface area contributed by atoms with Crippen molar-refractivity contribution in [2.24, 2.45) is 0 Å². The lowest BCUT2D eigenvalue weighted by molar-refractivity contribution is 0.121. The van der Waals surface area contributed by atoms with Gasteiger partial charge < -0.3 is 37.9 Å². The standard InChI is InChI=1S/C50H60O8/c1-5-29-51-33-37-55-45-17-9-41(10-18-45)49(42-11-19-46(20-12-42)56-38-34-52-30-6-2)25-27-50(28-26-49,43-13-21-47(22-14-43)57-39-35-53-31-7-3)44-15-23-48(24-16-44)58-40-36-54-32-8-4/h5-24H,1-4,25-40H2. The molecule has 8 nitrogen and oxygen atoms in total. The molecule has 0 atom stereocenters. The zero-order valence-electron chi connectivity index (χ0n) is 34.0. The van der Waals surface area contributed by atoms with Gasteiger partial charge in [0.1, 0.15) is 49.4 Å². The van der Waals surface area contributed by atoms with Crippen LogP contribution in [0.1, 0.15) is 47.9 Å². The van der Waals surface area contributed by atoms with Crippen molar-refractivity contribution in [3.8, 4) is 23.0 Å². The monoisotopic (exact) mass is 788 g/mol. The van der Waals surface area contributed by atoms with Gasteiger partial charge in [0.05, 0.1) is 52.9 Å². The highest BCUT2D eigenvalue weighted by molar-refractivity contribution is 5.49. The first-order valence-electron chi connectivity index (χ1n) is 20.2. The van der Waals surface area contributed by atoms with Crippen LogP contribution in [0.5, 0.6) is 23.0 Å². The summed E-state index contributed by atoms with van der Waals surface area (Å²) in [4.78, 5) is 0. The third-order valence-corrected chi connectivity index (χ3v) is 10.5. The van der Waals surface area contributed by atoms with E-state index in [-0.39, 0.29) is 10.8 Å². The fourth-order valence-electron chi connectivity index (χ4n) is 7.61. The summed E-state index contributed by atoms with van der Waals surface area (Å²) < 4.78 is 46.2. The minimum absolute atomic E-state index is 0.246. The van der Waals surface area contributed by atoms with Crippen LogP contribution in [0.4, 0.5) is 0 Å². The van der Waals surface area contributed by atoms with Crippen molar-refractivity contribution in [2.75, 3.05) is 79.3 Å². The Balaban J connectivity index is 1.43. The van der Waals surface area contributed by atoms with Gasteiger partial charge in [-0.2, -0.15) is 0 Å². The van der Waals surface area contributed by atoms with Gasteiger partial charge in [-0.1, -0.05) is 72.8 Å². The summed E-state index contributed by atoms with van der Waals surface area (Å²) in [5.74, 6) is 3.27. The van der Waals surface area contributed by atoms with Crippen molar-refractivity contribution in [1.29, 1.82) is 0 Å². The Labute approximate surface area is 345 Å². The summed E-state index contributed by atoms with van der Waals surface area (Å²) in [6.07, 6.45) is 10.6. The Morgan fingerprint density at radius 2 is 0.534 bits per heavy atom. The zero-order chi connectivity index (χ0) is 40.7. The lowest BCUT2D eigenvalue weighted by Crippen LogP contribution is -2.41. The molecule has 0 radical (unpaired) electrons. The number of hydrogen-bond donors (Lipinski definition) is 0. The second-order valence-electron chi connectivity index (χ2n) is 14.1. The molecule has 0 spiro atoms. The Kier molecular flexibility index (Phi) is 18.2. The van der Waals surface area contributed by atoms with E-state index in [0.717, 1.165) is 48.7 Å². The number of hydrogen-bond acceptors (Lipinski definition) is 8. The molecular weight excluding hydrogens is 729 g/mol. The normalized spacial score (nSPS) is 14.2. The smallest absolute Gasteiger partial charge is 0.119 e. The second-order valence-corrected chi connectivity index (χ2v) is 14.1. The van der Waals surface area contributed by atoms with Gasteiger partial charge in [0.25, 0.3) is 0 Å². The van der Waals surface area contributed by atoms with Crippen LogP contribution in [0.3, 0.4) is 0 Å². The molecule has 0 bridgehead atoms. The van der Waals surface area contributed by atoms with Gasteiger partial charge >= 0.3 is 0 Å². The van der Waals surface area contributed by atoms with Crippen LogP contribution in [0.2, 0.25) is 0 Å². The molecule has 8 heteroatoms. The number of ether oxygens (including phenoxy) is 8. The molecule has 0 saturated heterocycles. The quantitative estimate of drug-likeness (QED) is 0.0416. The molecule has 4 aromatic rings. The maximum absolute atomic E-state index is 6.03. The van der Waals surface area contributed by atoms with Gasteiger partial charge in [0, 0.05) is 10.8 Å². The Morgan fingerprint density at radius 1 is 0.328 bits per heavy atom. The van der Waals surface area contributed by atoms with E-state index in [1.165, 1.54) is 22.3 Å². The summed E-state index contributed by atoms with van der Waals surface area (Å²) in [7, 11) is 0. The van der Waals surface area contributed by atoms with Crippen LogP contribution >= 0.6 is 0 Å². The molecular formula is C50H60O8. The molecule has 1 aliphatic carbocycles.